The molecule has 0 unspecified atom stereocenters. The number of nitro benzene ring substituents is 3. The Hall–Kier alpha value is -13.8. The van der Waals surface area contributed by atoms with Gasteiger partial charge in [0.25, 0.3) is 5.69 Å². The number of aryl methyl sites for hydroxylation is 2. The molecule has 11 N–H and O–H groups in total. The van der Waals surface area contributed by atoms with E-state index in [1.54, 1.807) is 93.5 Å². The van der Waals surface area contributed by atoms with E-state index in [0.717, 1.165) is 28.2 Å². The number of nitrogens with zero attached hydrogens (tertiary/aromatic N) is 11. The van der Waals surface area contributed by atoms with Gasteiger partial charge in [-0.3, -0.25) is 30.3 Å². The maximum atomic E-state index is 11.3. The SMILES string of the molecule is COc1ccc(-c2ccnc(Nc3cc(C)cc(C)c3)n2)cc1N.COc1ccc(-c2ccnc(Nc3ccc(S(N)(=O)=O)cc3)n2)cc1N.COc1ccc(-c2ccnc(Nc3cccc([N+](=O)[O-])c3)n2)cc1[N+](=O)[O-].O=[N+]([O-])c1cc(-c2ccnc(Nc3ccccc3)n2)ccc1O. The summed E-state index contributed by atoms with van der Waals surface area (Å²) < 4.78 is 37.9. The molecule has 0 amide bonds. The molecular formula is C69H62N18O12S. The number of aromatic hydroxyl groups is 1. The lowest BCUT2D eigenvalue weighted by Gasteiger charge is -2.10. The number of primary sulfonamides is 1. The fourth-order valence-electron chi connectivity index (χ4n) is 9.44. The first-order valence-electron chi connectivity index (χ1n) is 29.6. The highest BCUT2D eigenvalue weighted by Crippen LogP contribution is 2.35. The van der Waals surface area contributed by atoms with Crippen molar-refractivity contribution in [2.45, 2.75) is 18.7 Å². The first-order chi connectivity index (χ1) is 48.0. The third-order valence-corrected chi connectivity index (χ3v) is 15.0. The number of phenolic OH excluding ortho intramolecular Hbond substituents is 1. The maximum absolute atomic E-state index is 11.3. The van der Waals surface area contributed by atoms with Gasteiger partial charge in [0.1, 0.15) is 11.5 Å². The van der Waals surface area contributed by atoms with Gasteiger partial charge in [-0.2, -0.15) is 0 Å². The molecule has 30 nitrogen and oxygen atoms in total. The molecule has 0 bridgehead atoms. The van der Waals surface area contributed by atoms with E-state index in [1.165, 1.54) is 79.0 Å². The molecule has 100 heavy (non-hydrogen) atoms. The lowest BCUT2D eigenvalue weighted by atomic mass is 10.1. The minimum atomic E-state index is -3.73. The zero-order chi connectivity index (χ0) is 71.5. The molecule has 0 saturated carbocycles. The molecule has 0 aliphatic heterocycles. The summed E-state index contributed by atoms with van der Waals surface area (Å²) in [7, 11) is 0.783. The highest BCUT2D eigenvalue weighted by Gasteiger charge is 2.19. The Labute approximate surface area is 571 Å². The van der Waals surface area contributed by atoms with Crippen molar-refractivity contribution in [3.05, 3.63) is 260 Å². The highest BCUT2D eigenvalue weighted by molar-refractivity contribution is 7.89. The van der Waals surface area contributed by atoms with E-state index in [9.17, 15) is 43.9 Å². The van der Waals surface area contributed by atoms with E-state index in [-0.39, 0.29) is 39.4 Å². The van der Waals surface area contributed by atoms with Crippen LogP contribution in [0.4, 0.5) is 75.0 Å². The van der Waals surface area contributed by atoms with Gasteiger partial charge in [-0.25, -0.2) is 53.4 Å². The molecule has 0 aliphatic rings. The summed E-state index contributed by atoms with van der Waals surface area (Å²) in [6.45, 7) is 4.13. The molecule has 31 heteroatoms. The van der Waals surface area contributed by atoms with Gasteiger partial charge in [-0.05, 0) is 165 Å². The average Bonchev–Trinajstić information content (AvgIpc) is 0.839. The second-order valence-electron chi connectivity index (χ2n) is 21.2. The van der Waals surface area contributed by atoms with E-state index < -0.39 is 24.8 Å². The number of nitrogens with two attached hydrogens (primary N) is 3. The van der Waals surface area contributed by atoms with Crippen LogP contribution in [0.3, 0.4) is 0 Å². The van der Waals surface area contributed by atoms with Crippen LogP contribution in [0.2, 0.25) is 0 Å². The van der Waals surface area contributed by atoms with Gasteiger partial charge in [-0.1, -0.05) is 30.3 Å². The fourth-order valence-corrected chi connectivity index (χ4v) is 9.95. The van der Waals surface area contributed by atoms with Crippen LogP contribution in [0.5, 0.6) is 23.0 Å². The highest BCUT2D eigenvalue weighted by atomic mass is 32.2. The van der Waals surface area contributed by atoms with Gasteiger partial charge < -0.3 is 52.1 Å². The van der Waals surface area contributed by atoms with Crippen LogP contribution in [0.25, 0.3) is 45.0 Å². The third kappa shape index (κ3) is 19.2. The third-order valence-electron chi connectivity index (χ3n) is 14.1. The number of para-hydroxylation sites is 1. The molecule has 8 aromatic carbocycles. The molecule has 506 valence electrons. The predicted molar refractivity (Wildman–Crippen MR) is 380 cm³/mol. The Balaban J connectivity index is 0.000000156. The van der Waals surface area contributed by atoms with Crippen molar-refractivity contribution in [1.82, 2.24) is 39.9 Å². The number of hydrogen-bond donors (Lipinski definition) is 8. The van der Waals surface area contributed by atoms with Gasteiger partial charge in [-0.15, -0.1) is 0 Å². The van der Waals surface area contributed by atoms with Crippen molar-refractivity contribution in [2.24, 2.45) is 5.14 Å². The number of nitro groups is 3. The second-order valence-corrected chi connectivity index (χ2v) is 22.8. The molecule has 4 heterocycles. The number of sulfonamides is 1. The van der Waals surface area contributed by atoms with Crippen molar-refractivity contribution in [3.8, 4) is 68.0 Å². The predicted octanol–water partition coefficient (Wildman–Crippen LogP) is 13.4. The molecule has 0 fully saturated rings. The number of hydrogen-bond acceptors (Lipinski definition) is 26. The molecule has 0 radical (unpaired) electrons. The summed E-state index contributed by atoms with van der Waals surface area (Å²) in [4.78, 5) is 65.7. The largest absolute Gasteiger partial charge is 0.502 e. The summed E-state index contributed by atoms with van der Waals surface area (Å²) in [5.41, 5.74) is 22.9. The van der Waals surface area contributed by atoms with Crippen molar-refractivity contribution in [2.75, 3.05) is 54.1 Å². The van der Waals surface area contributed by atoms with Crippen molar-refractivity contribution < 1.29 is 42.5 Å². The van der Waals surface area contributed by atoms with E-state index in [4.69, 9.17) is 30.8 Å². The minimum absolute atomic E-state index is 0.0337. The number of anilines is 10. The van der Waals surface area contributed by atoms with Gasteiger partial charge in [0, 0.05) is 94.1 Å². The quantitative estimate of drug-likeness (QED) is 0.0212. The number of methoxy groups -OCH3 is 3. The van der Waals surface area contributed by atoms with Crippen molar-refractivity contribution in [1.29, 1.82) is 0 Å². The van der Waals surface area contributed by atoms with Crippen LogP contribution in [0, 0.1) is 44.2 Å². The smallest absolute Gasteiger partial charge is 0.311 e. The summed E-state index contributed by atoms with van der Waals surface area (Å²) in [5, 5.41) is 59.8. The Morgan fingerprint density at radius 2 is 0.800 bits per heavy atom. The zero-order valence-corrected chi connectivity index (χ0v) is 54.6. The molecule has 12 rings (SSSR count). The lowest BCUT2D eigenvalue weighted by Crippen LogP contribution is -2.11. The van der Waals surface area contributed by atoms with Crippen LogP contribution in [0.1, 0.15) is 11.1 Å². The van der Waals surface area contributed by atoms with Crippen LogP contribution in [0.15, 0.2) is 224 Å². The second kappa shape index (κ2) is 32.6. The van der Waals surface area contributed by atoms with Gasteiger partial charge in [0.2, 0.25) is 33.8 Å². The van der Waals surface area contributed by atoms with Crippen molar-refractivity contribution >= 4 is 85.0 Å². The number of benzene rings is 8. The summed E-state index contributed by atoms with van der Waals surface area (Å²) in [6.07, 6.45) is 6.39. The van der Waals surface area contributed by atoms with E-state index in [0.29, 0.717) is 80.3 Å². The molecular weight excluding hydrogens is 1300 g/mol. The molecule has 0 atom stereocenters. The lowest BCUT2D eigenvalue weighted by molar-refractivity contribution is -0.385. The Bertz CT molecular complexity index is 5020. The summed E-state index contributed by atoms with van der Waals surface area (Å²) in [5.74, 6) is 2.50. The van der Waals surface area contributed by atoms with E-state index in [2.05, 4.69) is 93.2 Å². The fraction of sp³-hybridized carbons (Fsp3) is 0.0725. The summed E-state index contributed by atoms with van der Waals surface area (Å²) >= 11 is 0. The molecule has 0 spiro atoms. The Morgan fingerprint density at radius 3 is 1.22 bits per heavy atom. The number of nitrogen functional groups attached to an aromatic ring is 2. The normalized spacial score (nSPS) is 10.5. The molecule has 0 saturated heterocycles. The zero-order valence-electron chi connectivity index (χ0n) is 53.8. The number of ether oxygens (including phenoxy) is 3. The number of rotatable bonds is 19. The number of non-ortho nitro benzene ring substituents is 1. The van der Waals surface area contributed by atoms with Crippen LogP contribution in [-0.4, -0.2) is 89.5 Å². The van der Waals surface area contributed by atoms with Gasteiger partial charge >= 0.3 is 11.4 Å². The first kappa shape index (κ1) is 70.5. The van der Waals surface area contributed by atoms with Crippen LogP contribution < -0.4 is 52.1 Å². The van der Waals surface area contributed by atoms with Gasteiger partial charge in [0.05, 0.1) is 75.1 Å². The standard InChI is InChI=1S/C19H20N4O.C17H13N5O5.C17H17N5O3S.C16H12N4O3/c1-12-8-13(2)10-15(9-12)22-19-21-7-6-17(23-19)14-4-5-18(24-3)16(20)11-14;1-27-16-6-5-11(9-15(16)22(25)26)14-7-8-18-17(20-14)19-12-3-2-4-13(10-12)21(23)24;1-25-16-7-2-11(10-14(16)18)15-8-9-20-17(22-15)21-12-3-5-13(6-4-12)26(19,23)24;21-15-7-6-11(10-14(15)20(22)23)13-8-9-17-16(19-13)18-12-4-2-1-3-5-12/h4-11H,20H2,1-3H3,(H,21,22,23);2-10H,1H3,(H,18,19,20);2-10H,18H2,1H3,(H2,19,23,24)(H,20,21,22);1-10,21H,(H,17,18,19). The molecule has 4 aromatic heterocycles. The van der Waals surface area contributed by atoms with Gasteiger partial charge in [0.15, 0.2) is 11.5 Å². The number of phenols is 1. The number of aromatic nitrogens is 8. The number of nitrogens with one attached hydrogen (secondary N) is 4. The summed E-state index contributed by atoms with van der Waals surface area (Å²) in [6, 6.07) is 54.1. The molecule has 12 aromatic rings. The first-order valence-corrected chi connectivity index (χ1v) is 31.2. The maximum Gasteiger partial charge on any atom is 0.311 e. The van der Waals surface area contributed by atoms with Crippen LogP contribution in [-0.2, 0) is 10.0 Å². The van der Waals surface area contributed by atoms with Crippen LogP contribution >= 0.6 is 0 Å². The van der Waals surface area contributed by atoms with Crippen molar-refractivity contribution in [3.63, 3.8) is 0 Å². The van der Waals surface area contributed by atoms with E-state index in [1.807, 2.05) is 60.7 Å². The monoisotopic (exact) mass is 1370 g/mol. The Kier molecular flexibility index (Phi) is 23.0. The Morgan fingerprint density at radius 1 is 0.410 bits per heavy atom. The van der Waals surface area contributed by atoms with E-state index >= 15 is 0 Å². The average molecular weight is 1370 g/mol. The topological polar surface area (TPSA) is 441 Å². The molecule has 0 aliphatic carbocycles. The minimum Gasteiger partial charge on any atom is -0.502 e.